The van der Waals surface area contributed by atoms with Gasteiger partial charge in [-0.05, 0) is 43.2 Å². The van der Waals surface area contributed by atoms with Crippen LogP contribution in [0.15, 0.2) is 85.5 Å². The van der Waals surface area contributed by atoms with E-state index in [-0.39, 0.29) is 12.6 Å². The van der Waals surface area contributed by atoms with E-state index in [1.165, 1.54) is 0 Å². The van der Waals surface area contributed by atoms with Crippen LogP contribution >= 0.6 is 0 Å². The number of carbonyl (C=O) groups excluding carboxylic acids is 1. The van der Waals surface area contributed by atoms with Gasteiger partial charge in [0.2, 0.25) is 0 Å². The van der Waals surface area contributed by atoms with Gasteiger partial charge in [-0.1, -0.05) is 42.5 Å². The van der Waals surface area contributed by atoms with Gasteiger partial charge >= 0.3 is 0 Å². The predicted molar refractivity (Wildman–Crippen MR) is 137 cm³/mol. The molecule has 3 heterocycles. The molecule has 5 aromatic rings. The molecule has 0 atom stereocenters. The summed E-state index contributed by atoms with van der Waals surface area (Å²) in [5.74, 6) is 0.416. The normalized spacial score (nSPS) is 10.9. The second kappa shape index (κ2) is 10.3. The second-order valence-electron chi connectivity index (χ2n) is 8.36. The summed E-state index contributed by atoms with van der Waals surface area (Å²) in [6, 6.07) is 19.7. The molecule has 9 heteroatoms. The smallest absolute Gasteiger partial charge is 0.276 e. The average molecular weight is 482 g/mol. The molecule has 0 spiro atoms. The van der Waals surface area contributed by atoms with Crippen LogP contribution in [0.5, 0.6) is 5.75 Å². The number of rotatable bonds is 9. The number of ether oxygens (including phenoxy) is 1. The van der Waals surface area contributed by atoms with E-state index in [0.29, 0.717) is 17.9 Å². The summed E-state index contributed by atoms with van der Waals surface area (Å²) >= 11 is 0. The minimum absolute atomic E-state index is 0.195. The molecule has 0 aliphatic rings. The van der Waals surface area contributed by atoms with E-state index < -0.39 is 0 Å². The lowest BCUT2D eigenvalue weighted by atomic mass is 10.1. The highest BCUT2D eigenvalue weighted by Crippen LogP contribution is 2.22. The molecule has 36 heavy (non-hydrogen) atoms. The summed E-state index contributed by atoms with van der Waals surface area (Å²) in [5.41, 5.74) is 5.37. The third-order valence-electron chi connectivity index (χ3n) is 5.93. The van der Waals surface area contributed by atoms with Crippen molar-refractivity contribution in [3.63, 3.8) is 0 Å². The number of amides is 1. The van der Waals surface area contributed by atoms with E-state index in [2.05, 4.69) is 39.7 Å². The summed E-state index contributed by atoms with van der Waals surface area (Å²) in [4.78, 5) is 12.7. The number of nitrogens with zero attached hydrogens (tertiary/aromatic N) is 6. The fourth-order valence-corrected chi connectivity index (χ4v) is 3.91. The Morgan fingerprint density at radius 1 is 0.944 bits per heavy atom. The Morgan fingerprint density at radius 2 is 1.72 bits per heavy atom. The van der Waals surface area contributed by atoms with Gasteiger partial charge in [0.1, 0.15) is 5.75 Å². The summed E-state index contributed by atoms with van der Waals surface area (Å²) in [7, 11) is 0. The molecule has 0 aliphatic carbocycles. The number of hydrogen-bond acceptors (Lipinski definition) is 5. The first-order valence-corrected chi connectivity index (χ1v) is 11.8. The SMILES string of the molecule is CCn1ncc(Cn2cc(NC(=O)c3ccn(COc4ccc(-c5ccccc5)cc4)n3)cn2)c1C. The van der Waals surface area contributed by atoms with E-state index in [4.69, 9.17) is 4.74 Å². The highest BCUT2D eigenvalue weighted by atomic mass is 16.5. The Bertz CT molecular complexity index is 1450. The van der Waals surface area contributed by atoms with Crippen LogP contribution in [0.1, 0.15) is 28.7 Å². The highest BCUT2D eigenvalue weighted by Gasteiger charge is 2.12. The molecular weight excluding hydrogens is 454 g/mol. The number of hydrogen-bond donors (Lipinski definition) is 1. The molecule has 0 radical (unpaired) electrons. The van der Waals surface area contributed by atoms with Gasteiger partial charge in [0.05, 0.1) is 24.6 Å². The Labute approximate surface area is 208 Å². The van der Waals surface area contributed by atoms with Crippen LogP contribution < -0.4 is 10.1 Å². The van der Waals surface area contributed by atoms with Crippen LogP contribution in [0.4, 0.5) is 5.69 Å². The third-order valence-corrected chi connectivity index (χ3v) is 5.93. The molecule has 2 aromatic carbocycles. The molecule has 5 rings (SSSR count). The summed E-state index contributed by atoms with van der Waals surface area (Å²) in [5, 5.41) is 15.9. The van der Waals surface area contributed by atoms with Crippen LogP contribution in [-0.4, -0.2) is 35.2 Å². The molecule has 0 aliphatic heterocycles. The molecule has 3 aromatic heterocycles. The van der Waals surface area contributed by atoms with E-state index in [1.807, 2.05) is 60.3 Å². The van der Waals surface area contributed by atoms with Crippen molar-refractivity contribution >= 4 is 11.6 Å². The molecule has 1 N–H and O–H groups in total. The van der Waals surface area contributed by atoms with Crippen molar-refractivity contribution in [2.45, 2.75) is 33.7 Å². The lowest BCUT2D eigenvalue weighted by Crippen LogP contribution is -2.14. The minimum atomic E-state index is -0.310. The Balaban J connectivity index is 1.15. The first kappa shape index (κ1) is 23.1. The van der Waals surface area contributed by atoms with Crippen molar-refractivity contribution in [3.05, 3.63) is 102 Å². The molecular formula is C27H27N7O2. The maximum Gasteiger partial charge on any atom is 0.276 e. The molecule has 0 fully saturated rings. The van der Waals surface area contributed by atoms with Gasteiger partial charge in [0, 0.05) is 30.2 Å². The number of aromatic nitrogens is 6. The molecule has 0 unspecified atom stereocenters. The Kier molecular flexibility index (Phi) is 6.61. The topological polar surface area (TPSA) is 91.8 Å². The molecule has 1 amide bonds. The monoisotopic (exact) mass is 481 g/mol. The molecule has 182 valence electrons. The zero-order chi connectivity index (χ0) is 24.9. The predicted octanol–water partition coefficient (Wildman–Crippen LogP) is 4.61. The first-order chi connectivity index (χ1) is 17.6. The molecule has 0 saturated carbocycles. The van der Waals surface area contributed by atoms with Crippen molar-refractivity contribution in [1.82, 2.24) is 29.3 Å². The summed E-state index contributed by atoms with van der Waals surface area (Å²) in [6.07, 6.45) is 6.98. The molecule has 0 saturated heterocycles. The van der Waals surface area contributed by atoms with Crippen molar-refractivity contribution in [3.8, 4) is 16.9 Å². The van der Waals surface area contributed by atoms with Gasteiger partial charge in [-0.3, -0.25) is 14.2 Å². The van der Waals surface area contributed by atoms with E-state index in [1.54, 1.807) is 34.0 Å². The van der Waals surface area contributed by atoms with Crippen molar-refractivity contribution in [1.29, 1.82) is 0 Å². The van der Waals surface area contributed by atoms with Crippen molar-refractivity contribution < 1.29 is 9.53 Å². The van der Waals surface area contributed by atoms with Crippen LogP contribution in [0, 0.1) is 6.92 Å². The van der Waals surface area contributed by atoms with Crippen molar-refractivity contribution in [2.75, 3.05) is 5.32 Å². The van der Waals surface area contributed by atoms with Crippen molar-refractivity contribution in [2.24, 2.45) is 0 Å². The zero-order valence-electron chi connectivity index (χ0n) is 20.2. The Morgan fingerprint density at radius 3 is 2.47 bits per heavy atom. The lowest BCUT2D eigenvalue weighted by molar-refractivity contribution is 0.102. The standard InChI is InChI=1S/C27H27N7O2/c1-3-34-20(2)23(15-29-34)17-33-18-24(16-28-33)30-27(35)26-13-14-32(31-26)19-36-25-11-9-22(10-12-25)21-7-5-4-6-8-21/h4-16,18H,3,17,19H2,1-2H3,(H,30,35). The largest absolute Gasteiger partial charge is 0.471 e. The van der Waals surface area contributed by atoms with Gasteiger partial charge in [0.15, 0.2) is 12.4 Å². The van der Waals surface area contributed by atoms with Crippen LogP contribution in [-0.2, 0) is 19.8 Å². The van der Waals surface area contributed by atoms with Gasteiger partial charge < -0.3 is 10.1 Å². The zero-order valence-corrected chi connectivity index (χ0v) is 20.2. The highest BCUT2D eigenvalue weighted by molar-refractivity contribution is 6.02. The van der Waals surface area contributed by atoms with Crippen LogP contribution in [0.25, 0.3) is 11.1 Å². The molecule has 0 bridgehead atoms. The quantitative estimate of drug-likeness (QED) is 0.332. The number of carbonyl (C=O) groups is 1. The number of benzene rings is 2. The van der Waals surface area contributed by atoms with E-state index >= 15 is 0 Å². The second-order valence-corrected chi connectivity index (χ2v) is 8.36. The fraction of sp³-hybridized carbons (Fsp3) is 0.185. The lowest BCUT2D eigenvalue weighted by Gasteiger charge is -2.07. The van der Waals surface area contributed by atoms with Gasteiger partial charge in [-0.15, -0.1) is 0 Å². The average Bonchev–Trinajstić information content (AvgIpc) is 3.65. The number of aryl methyl sites for hydroxylation is 1. The Hall–Kier alpha value is -4.66. The number of anilines is 1. The van der Waals surface area contributed by atoms with E-state index in [0.717, 1.165) is 34.7 Å². The third kappa shape index (κ3) is 5.20. The van der Waals surface area contributed by atoms with Crippen LogP contribution in [0.3, 0.4) is 0 Å². The number of nitrogens with one attached hydrogen (secondary N) is 1. The van der Waals surface area contributed by atoms with Crippen LogP contribution in [0.2, 0.25) is 0 Å². The fourth-order valence-electron chi connectivity index (χ4n) is 3.91. The van der Waals surface area contributed by atoms with Gasteiger partial charge in [-0.2, -0.15) is 15.3 Å². The maximum absolute atomic E-state index is 12.7. The summed E-state index contributed by atoms with van der Waals surface area (Å²) < 4.78 is 11.1. The first-order valence-electron chi connectivity index (χ1n) is 11.8. The maximum atomic E-state index is 12.7. The van der Waals surface area contributed by atoms with Gasteiger partial charge in [-0.25, -0.2) is 4.68 Å². The van der Waals surface area contributed by atoms with E-state index in [9.17, 15) is 4.79 Å². The molecule has 9 nitrogen and oxygen atoms in total. The summed E-state index contributed by atoms with van der Waals surface area (Å²) in [6.45, 7) is 5.70. The van der Waals surface area contributed by atoms with Gasteiger partial charge in [0.25, 0.3) is 5.91 Å². The minimum Gasteiger partial charge on any atom is -0.471 e.